The van der Waals surface area contributed by atoms with Gasteiger partial charge in [-0.2, -0.15) is 0 Å². The zero-order valence-corrected chi connectivity index (χ0v) is 23.4. The highest BCUT2D eigenvalue weighted by atomic mass is 127. The van der Waals surface area contributed by atoms with Gasteiger partial charge in [0.1, 0.15) is 28.9 Å². The first kappa shape index (κ1) is 27.1. The topological polar surface area (TPSA) is 54.5 Å². The van der Waals surface area contributed by atoms with Crippen LogP contribution in [0.2, 0.25) is 0 Å². The zero-order valence-electron chi connectivity index (χ0n) is 20.2. The van der Waals surface area contributed by atoms with Gasteiger partial charge in [0, 0.05) is 32.3 Å². The summed E-state index contributed by atoms with van der Waals surface area (Å²) >= 11 is 2.16. The van der Waals surface area contributed by atoms with Crippen LogP contribution in [0.3, 0.4) is 0 Å². The van der Waals surface area contributed by atoms with Crippen LogP contribution in [-0.4, -0.2) is 60.8 Å². The van der Waals surface area contributed by atoms with Gasteiger partial charge < -0.3 is 23.8 Å². The number of halogens is 4. The van der Waals surface area contributed by atoms with Crippen molar-refractivity contribution in [2.24, 2.45) is 11.8 Å². The van der Waals surface area contributed by atoms with Crippen LogP contribution in [0.4, 0.5) is 13.2 Å². The molecule has 1 amide bonds. The molecule has 3 unspecified atom stereocenters. The van der Waals surface area contributed by atoms with E-state index >= 15 is 0 Å². The smallest absolute Gasteiger partial charge is 0.459 e. The third-order valence-corrected chi connectivity index (χ3v) is 7.70. The molecule has 0 bridgehead atoms. The van der Waals surface area contributed by atoms with Crippen molar-refractivity contribution in [3.63, 3.8) is 0 Å². The summed E-state index contributed by atoms with van der Waals surface area (Å²) in [6, 6.07) is 5.44. The second-order valence-electron chi connectivity index (χ2n) is 9.05. The van der Waals surface area contributed by atoms with Crippen molar-refractivity contribution in [3.8, 4) is 11.5 Å². The maximum absolute atomic E-state index is 13.9. The van der Waals surface area contributed by atoms with E-state index in [0.717, 1.165) is 17.8 Å². The fourth-order valence-electron chi connectivity index (χ4n) is 4.66. The Hall–Kier alpha value is -1.98. The molecule has 0 radical (unpaired) electrons. The molecule has 1 aromatic rings. The summed E-state index contributed by atoms with van der Waals surface area (Å²) in [7, 11) is 3.74. The zero-order chi connectivity index (χ0) is 26.2. The van der Waals surface area contributed by atoms with E-state index in [1.54, 1.807) is 11.0 Å². The highest BCUT2D eigenvalue weighted by Gasteiger charge is 2.48. The van der Waals surface area contributed by atoms with Crippen molar-refractivity contribution in [3.05, 3.63) is 59.4 Å². The normalized spacial score (nSPS) is 22.7. The van der Waals surface area contributed by atoms with E-state index in [0.29, 0.717) is 55.6 Å². The van der Waals surface area contributed by atoms with Gasteiger partial charge in [-0.25, -0.2) is 0 Å². The van der Waals surface area contributed by atoms with Crippen molar-refractivity contribution in [1.82, 2.24) is 14.7 Å². The lowest BCUT2D eigenvalue weighted by molar-refractivity contribution is -0.274. The van der Waals surface area contributed by atoms with Crippen LogP contribution in [0.1, 0.15) is 19.8 Å². The molecule has 7 nitrogen and oxygen atoms in total. The number of rotatable bonds is 9. The summed E-state index contributed by atoms with van der Waals surface area (Å²) in [5.41, 5.74) is 1.37. The molecule has 1 fully saturated rings. The fraction of sp³-hybridized carbons (Fsp3) is 0.458. The molecule has 1 aliphatic carbocycles. The Bertz CT molecular complexity index is 1110. The van der Waals surface area contributed by atoms with Crippen molar-refractivity contribution in [2.45, 2.75) is 26.1 Å². The number of hydrogen-bond donors (Lipinski definition) is 0. The van der Waals surface area contributed by atoms with E-state index in [4.69, 9.17) is 9.26 Å². The van der Waals surface area contributed by atoms with Crippen LogP contribution >= 0.6 is 28.5 Å². The molecule has 12 heteroatoms. The molecule has 36 heavy (non-hydrogen) atoms. The molecule has 196 valence electrons. The highest BCUT2D eigenvalue weighted by Crippen LogP contribution is 2.51. The molecular weight excluding hydrogens is 609 g/mol. The molecule has 0 aromatic heterocycles. The predicted molar refractivity (Wildman–Crippen MR) is 139 cm³/mol. The van der Waals surface area contributed by atoms with Gasteiger partial charge in [0.15, 0.2) is 0 Å². The van der Waals surface area contributed by atoms with Crippen molar-refractivity contribution in [2.75, 3.05) is 33.8 Å². The lowest BCUT2D eigenvalue weighted by atomic mass is 9.92. The Morgan fingerprint density at radius 3 is 2.58 bits per heavy atom. The van der Waals surface area contributed by atoms with Crippen molar-refractivity contribution in [1.29, 1.82) is 0 Å². The minimum Gasteiger partial charge on any atom is -0.459 e. The molecule has 2 heterocycles. The predicted octanol–water partition coefficient (Wildman–Crippen LogP) is 5.63. The lowest BCUT2D eigenvalue weighted by Gasteiger charge is -2.45. The Kier molecular flexibility index (Phi) is 8.11. The highest BCUT2D eigenvalue weighted by molar-refractivity contribution is 14.2. The van der Waals surface area contributed by atoms with Crippen molar-refractivity contribution >= 4 is 34.4 Å². The molecule has 0 N–H and O–H groups in total. The van der Waals surface area contributed by atoms with Crippen LogP contribution in [0, 0.1) is 11.8 Å². The molecule has 0 saturated heterocycles. The number of alkyl halides is 3. The summed E-state index contributed by atoms with van der Waals surface area (Å²) in [6.07, 6.45) is -3.23. The fourth-order valence-corrected chi connectivity index (χ4v) is 5.54. The lowest BCUT2D eigenvalue weighted by Crippen LogP contribution is -2.50. The number of carbonyl (C=O) groups is 1. The van der Waals surface area contributed by atoms with Gasteiger partial charge in [0.2, 0.25) is 0 Å². The summed E-state index contributed by atoms with van der Waals surface area (Å²) in [4.78, 5) is 19.4. The Balaban J connectivity index is 1.70. The quantitative estimate of drug-likeness (QED) is 0.199. The Labute approximate surface area is 223 Å². The van der Waals surface area contributed by atoms with Crippen LogP contribution in [0.5, 0.6) is 11.5 Å². The number of hydrogen-bond acceptors (Lipinski definition) is 6. The standard InChI is InChI=1S/C24H28F3IN3O4P/c1-14-11-18(14)20-19(34-16-7-5-8-17(12-16)35-24(25,26)27)13-29(3)22-21(20)23(32)31(15(2)30(22)4)9-6-10-33-36-28/h5,7-8,12,14,18,36H,2,6,9-11,13H2,1,3-4H3. The first-order valence-corrected chi connectivity index (χ1v) is 15.5. The minimum absolute atomic E-state index is 0.127. The number of carbonyl (C=O) groups excluding carboxylic acids is 1. The second-order valence-corrected chi connectivity index (χ2v) is 10.8. The average Bonchev–Trinajstić information content (AvgIpc) is 3.51. The maximum Gasteiger partial charge on any atom is 0.573 e. The van der Waals surface area contributed by atoms with Crippen molar-refractivity contribution < 1.29 is 32.0 Å². The number of nitrogens with zero attached hydrogens (tertiary/aromatic N) is 3. The van der Waals surface area contributed by atoms with Crippen LogP contribution in [0.15, 0.2) is 59.4 Å². The molecule has 3 aliphatic rings. The SMILES string of the molecule is C=C1N(C)C2=C(C(=O)N1CCCOPI)C(C1CC1C)=C(Oc1cccc(OC(F)(F)F)c1)CN2C. The van der Waals surface area contributed by atoms with Crippen LogP contribution in [-0.2, 0) is 9.32 Å². The molecule has 1 saturated carbocycles. The first-order chi connectivity index (χ1) is 17.0. The molecule has 0 spiro atoms. The summed E-state index contributed by atoms with van der Waals surface area (Å²) in [5.74, 6) is 2.09. The van der Waals surface area contributed by atoms with E-state index in [1.807, 2.05) is 23.9 Å². The van der Waals surface area contributed by atoms with Gasteiger partial charge in [0.25, 0.3) is 5.91 Å². The molecule has 4 rings (SSSR count). The maximum atomic E-state index is 13.9. The summed E-state index contributed by atoms with van der Waals surface area (Å²) in [6.45, 7) is 7.98. The Morgan fingerprint density at radius 2 is 1.94 bits per heavy atom. The average molecular weight is 637 g/mol. The summed E-state index contributed by atoms with van der Waals surface area (Å²) < 4.78 is 53.8. The van der Waals surface area contributed by atoms with Crippen LogP contribution in [0.25, 0.3) is 0 Å². The minimum atomic E-state index is -4.80. The van der Waals surface area contributed by atoms with Gasteiger partial charge in [-0.3, -0.25) is 9.69 Å². The largest absolute Gasteiger partial charge is 0.573 e. The van der Waals surface area contributed by atoms with Gasteiger partial charge in [-0.05, 0) is 58.9 Å². The number of ether oxygens (including phenoxy) is 2. The number of amides is 1. The molecule has 2 aliphatic heterocycles. The van der Waals surface area contributed by atoms with Crippen LogP contribution < -0.4 is 9.47 Å². The van der Waals surface area contributed by atoms with E-state index in [-0.39, 0.29) is 23.3 Å². The Morgan fingerprint density at radius 1 is 1.25 bits per heavy atom. The van der Waals surface area contributed by atoms with Gasteiger partial charge in [-0.15, -0.1) is 13.2 Å². The third kappa shape index (κ3) is 5.78. The van der Waals surface area contributed by atoms with Gasteiger partial charge >= 0.3 is 6.36 Å². The number of likely N-dealkylation sites (N-methyl/N-ethyl adjacent to an activating group) is 1. The molecular formula is C24H28F3IN3O4P. The molecule has 1 aromatic carbocycles. The van der Waals surface area contributed by atoms with E-state index < -0.39 is 6.36 Å². The second kappa shape index (κ2) is 10.8. The van der Waals surface area contributed by atoms with Gasteiger partial charge in [0.05, 0.1) is 25.2 Å². The summed E-state index contributed by atoms with van der Waals surface area (Å²) in [5, 5.41) is 0. The van der Waals surface area contributed by atoms with Gasteiger partial charge in [-0.1, -0.05) is 19.6 Å². The third-order valence-electron chi connectivity index (χ3n) is 6.45. The first-order valence-electron chi connectivity index (χ1n) is 11.5. The van der Waals surface area contributed by atoms with E-state index in [2.05, 4.69) is 40.3 Å². The molecule has 3 atom stereocenters. The number of benzene rings is 1. The van der Waals surface area contributed by atoms with E-state index in [9.17, 15) is 18.0 Å². The monoisotopic (exact) mass is 637 g/mol. The van der Waals surface area contributed by atoms with E-state index in [1.165, 1.54) is 18.2 Å².